The number of benzene rings is 1. The molecule has 2 unspecified atom stereocenters. The number of carbonyl (C=O) groups is 3. The van der Waals surface area contributed by atoms with E-state index in [1.807, 2.05) is 6.92 Å². The summed E-state index contributed by atoms with van der Waals surface area (Å²) in [6.07, 6.45) is -2.16. The number of carbonyl (C=O) groups excluding carboxylic acids is 3. The van der Waals surface area contributed by atoms with Crippen LogP contribution in [0.3, 0.4) is 0 Å². The van der Waals surface area contributed by atoms with E-state index in [1.165, 1.54) is 30.5 Å². The number of nitrogens with zero attached hydrogens (tertiary/aromatic N) is 1. The van der Waals surface area contributed by atoms with Crippen LogP contribution in [0.25, 0.3) is 0 Å². The van der Waals surface area contributed by atoms with Gasteiger partial charge in [0.05, 0.1) is 16.3 Å². The molecule has 1 saturated heterocycles. The number of para-hydroxylation sites is 1. The molecule has 8 nitrogen and oxygen atoms in total. The molecule has 2 aromatic rings. The Bertz CT molecular complexity index is 1060. The molecule has 12 heteroatoms. The third-order valence-electron chi connectivity index (χ3n) is 5.28. The summed E-state index contributed by atoms with van der Waals surface area (Å²) in [7, 11) is 0. The maximum atomic E-state index is 13.0. The van der Waals surface area contributed by atoms with Crippen LogP contribution in [0.15, 0.2) is 36.5 Å². The topological polar surface area (TPSA) is 109 Å². The first-order valence-corrected chi connectivity index (χ1v) is 10.9. The van der Waals surface area contributed by atoms with Gasteiger partial charge in [0, 0.05) is 18.2 Å². The van der Waals surface area contributed by atoms with E-state index >= 15 is 0 Å². The van der Waals surface area contributed by atoms with Crippen molar-refractivity contribution in [2.24, 2.45) is 5.92 Å². The predicted octanol–water partition coefficient (Wildman–Crippen LogP) is 4.17. The van der Waals surface area contributed by atoms with Crippen molar-refractivity contribution in [1.29, 1.82) is 0 Å². The van der Waals surface area contributed by atoms with Gasteiger partial charge >= 0.3 is 12.1 Å². The Labute approximate surface area is 198 Å². The average Bonchev–Trinajstić information content (AvgIpc) is 2.80. The van der Waals surface area contributed by atoms with Crippen molar-refractivity contribution in [2.75, 3.05) is 17.2 Å². The van der Waals surface area contributed by atoms with E-state index < -0.39 is 35.6 Å². The van der Waals surface area contributed by atoms with Crippen LogP contribution >= 0.6 is 11.6 Å². The number of anilines is 2. The van der Waals surface area contributed by atoms with Crippen LogP contribution in [-0.4, -0.2) is 41.5 Å². The van der Waals surface area contributed by atoms with Gasteiger partial charge in [0.1, 0.15) is 5.82 Å². The van der Waals surface area contributed by atoms with Gasteiger partial charge < -0.3 is 20.7 Å². The van der Waals surface area contributed by atoms with Crippen molar-refractivity contribution in [3.8, 4) is 5.75 Å². The number of halogens is 4. The standard InChI is InChI=1S/C22H22ClF3N4O4/c1-2-14-10-12(8-9-27-14)19(31)30-18-15(20(32)29-17-7-6-13(23)11-28-17)4-3-5-16(18)34-21(33)22(24,25)26/h3-7,11-12,14,27H,2,8-10H2,1H3,(H,30,31)(H,28,29,32). The summed E-state index contributed by atoms with van der Waals surface area (Å²) in [5, 5.41) is 8.60. The lowest BCUT2D eigenvalue weighted by molar-refractivity contribution is -0.189. The monoisotopic (exact) mass is 498 g/mol. The second-order valence-electron chi connectivity index (χ2n) is 7.65. The molecule has 3 rings (SSSR count). The maximum absolute atomic E-state index is 13.0. The minimum absolute atomic E-state index is 0.113. The van der Waals surface area contributed by atoms with Crippen molar-refractivity contribution in [3.63, 3.8) is 0 Å². The number of alkyl halides is 3. The Morgan fingerprint density at radius 2 is 1.97 bits per heavy atom. The van der Waals surface area contributed by atoms with Crippen molar-refractivity contribution in [3.05, 3.63) is 47.1 Å². The molecule has 182 valence electrons. The molecule has 0 radical (unpaired) electrons. The first-order valence-electron chi connectivity index (χ1n) is 10.5. The van der Waals surface area contributed by atoms with E-state index in [2.05, 4.69) is 25.7 Å². The minimum atomic E-state index is -5.27. The Balaban J connectivity index is 1.92. The molecular formula is C22H22ClF3N4O4. The maximum Gasteiger partial charge on any atom is 0.491 e. The highest BCUT2D eigenvalue weighted by atomic mass is 35.5. The highest BCUT2D eigenvalue weighted by molar-refractivity contribution is 6.30. The van der Waals surface area contributed by atoms with E-state index in [0.29, 0.717) is 24.4 Å². The number of aromatic nitrogens is 1. The smallest absolute Gasteiger partial charge is 0.418 e. The van der Waals surface area contributed by atoms with Crippen molar-refractivity contribution >= 4 is 40.9 Å². The molecule has 1 aliphatic rings. The van der Waals surface area contributed by atoms with Crippen LogP contribution < -0.4 is 20.7 Å². The number of hydrogen-bond donors (Lipinski definition) is 3. The third kappa shape index (κ3) is 6.45. The zero-order chi connectivity index (χ0) is 24.9. The Morgan fingerprint density at radius 1 is 1.21 bits per heavy atom. The summed E-state index contributed by atoms with van der Waals surface area (Å²) in [6, 6.07) is 6.59. The molecular weight excluding hydrogens is 477 g/mol. The van der Waals surface area contributed by atoms with Gasteiger partial charge in [-0.3, -0.25) is 9.59 Å². The molecule has 1 aromatic heterocycles. The van der Waals surface area contributed by atoms with E-state index in [4.69, 9.17) is 11.6 Å². The van der Waals surface area contributed by atoms with Gasteiger partial charge in [-0.05, 0) is 50.1 Å². The van der Waals surface area contributed by atoms with Gasteiger partial charge in [0.25, 0.3) is 5.91 Å². The number of hydrogen-bond acceptors (Lipinski definition) is 6. The molecule has 0 saturated carbocycles. The number of ether oxygens (including phenoxy) is 1. The Hall–Kier alpha value is -3.18. The lowest BCUT2D eigenvalue weighted by atomic mass is 9.90. The van der Waals surface area contributed by atoms with Gasteiger partial charge in [-0.15, -0.1) is 0 Å². The number of piperidine rings is 1. The fraction of sp³-hybridized carbons (Fsp3) is 0.364. The summed E-state index contributed by atoms with van der Waals surface area (Å²) in [4.78, 5) is 41.3. The second kappa shape index (κ2) is 10.8. The van der Waals surface area contributed by atoms with Gasteiger partial charge in [0.2, 0.25) is 5.91 Å². The summed E-state index contributed by atoms with van der Waals surface area (Å²) < 4.78 is 42.9. The van der Waals surface area contributed by atoms with Crippen molar-refractivity contribution < 1.29 is 32.3 Å². The van der Waals surface area contributed by atoms with E-state index in [0.717, 1.165) is 12.5 Å². The fourth-order valence-corrected chi connectivity index (χ4v) is 3.62. The third-order valence-corrected chi connectivity index (χ3v) is 5.50. The zero-order valence-corrected chi connectivity index (χ0v) is 18.8. The molecule has 0 spiro atoms. The highest BCUT2D eigenvalue weighted by Crippen LogP contribution is 2.33. The van der Waals surface area contributed by atoms with E-state index in [9.17, 15) is 27.6 Å². The molecule has 34 heavy (non-hydrogen) atoms. The largest absolute Gasteiger partial charge is 0.491 e. The Kier molecular flexibility index (Phi) is 8.11. The minimum Gasteiger partial charge on any atom is -0.418 e. The molecule has 2 atom stereocenters. The average molecular weight is 499 g/mol. The molecule has 2 amide bonds. The number of pyridine rings is 1. The van der Waals surface area contributed by atoms with Crippen molar-refractivity contribution in [2.45, 2.75) is 38.4 Å². The van der Waals surface area contributed by atoms with Crippen LogP contribution in [0.2, 0.25) is 5.02 Å². The molecule has 1 aromatic carbocycles. The zero-order valence-electron chi connectivity index (χ0n) is 18.0. The van der Waals surface area contributed by atoms with E-state index in [1.54, 1.807) is 0 Å². The fourth-order valence-electron chi connectivity index (χ4n) is 3.51. The van der Waals surface area contributed by atoms with Crippen molar-refractivity contribution in [1.82, 2.24) is 10.3 Å². The molecule has 0 aliphatic carbocycles. The molecule has 3 N–H and O–H groups in total. The van der Waals surface area contributed by atoms with Crippen LogP contribution in [0, 0.1) is 5.92 Å². The molecule has 0 bridgehead atoms. The second-order valence-corrected chi connectivity index (χ2v) is 8.09. The SMILES string of the molecule is CCC1CC(C(=O)Nc2c(OC(=O)C(F)(F)F)cccc2C(=O)Nc2ccc(Cl)cn2)CCN1. The quantitative estimate of drug-likeness (QED) is 0.407. The summed E-state index contributed by atoms with van der Waals surface area (Å²) in [6.45, 7) is 2.56. The number of rotatable bonds is 6. The molecule has 2 heterocycles. The number of amides is 2. The normalized spacial score (nSPS) is 18.1. The number of nitrogens with one attached hydrogen (secondary N) is 3. The predicted molar refractivity (Wildman–Crippen MR) is 119 cm³/mol. The highest BCUT2D eigenvalue weighted by Gasteiger charge is 2.42. The van der Waals surface area contributed by atoms with Crippen LogP contribution in [0.5, 0.6) is 5.75 Å². The summed E-state index contributed by atoms with van der Waals surface area (Å²) in [5.74, 6) is -4.68. The van der Waals surface area contributed by atoms with Gasteiger partial charge in [-0.1, -0.05) is 24.6 Å². The molecule has 1 aliphatic heterocycles. The van der Waals surface area contributed by atoms with E-state index in [-0.39, 0.29) is 23.1 Å². The van der Waals surface area contributed by atoms with Gasteiger partial charge in [-0.25, -0.2) is 9.78 Å². The first-order chi connectivity index (χ1) is 16.1. The molecule has 1 fully saturated rings. The Morgan fingerprint density at radius 3 is 2.62 bits per heavy atom. The van der Waals surface area contributed by atoms with Gasteiger partial charge in [-0.2, -0.15) is 13.2 Å². The van der Waals surface area contributed by atoms with Crippen LogP contribution in [0.1, 0.15) is 36.5 Å². The lowest BCUT2D eigenvalue weighted by Gasteiger charge is -2.29. The lowest BCUT2D eigenvalue weighted by Crippen LogP contribution is -2.41. The van der Waals surface area contributed by atoms with Crippen LogP contribution in [-0.2, 0) is 9.59 Å². The summed E-state index contributed by atoms with van der Waals surface area (Å²) >= 11 is 5.78. The first kappa shape index (κ1) is 25.4. The number of esters is 1. The summed E-state index contributed by atoms with van der Waals surface area (Å²) in [5.41, 5.74) is -0.554. The van der Waals surface area contributed by atoms with Gasteiger partial charge in [0.15, 0.2) is 5.75 Å². The van der Waals surface area contributed by atoms with Crippen LogP contribution in [0.4, 0.5) is 24.7 Å².